The van der Waals surface area contributed by atoms with Crippen molar-refractivity contribution in [1.82, 2.24) is 30.0 Å². The molecule has 0 saturated carbocycles. The van der Waals surface area contributed by atoms with Gasteiger partial charge in [0.05, 0.1) is 25.3 Å². The number of piperazine rings is 1. The Balaban J connectivity index is 0.000000354. The van der Waals surface area contributed by atoms with Gasteiger partial charge in [-0.15, -0.1) is 15.2 Å². The van der Waals surface area contributed by atoms with Crippen LogP contribution in [0.4, 0.5) is 24.7 Å². The van der Waals surface area contributed by atoms with Gasteiger partial charge in [-0.25, -0.2) is 0 Å². The van der Waals surface area contributed by atoms with Gasteiger partial charge in [0.25, 0.3) is 11.8 Å². The van der Waals surface area contributed by atoms with Crippen LogP contribution in [-0.2, 0) is 6.18 Å². The molecule has 2 aromatic heterocycles. The number of nitrogens with zero attached hydrogens (tertiary/aromatic N) is 7. The molecule has 1 fully saturated rings. The smallest absolute Gasteiger partial charge is 0.417 e. The Hall–Kier alpha value is -4.76. The molecule has 0 bridgehead atoms. The standard InChI is InChI=1S/C23H19ClF3N5O2.C5H6ClN3O2/c24-15-5-7-16(8-6-15)28-21(33)19-9-10-20(30-29-19)31-11-13-32(14-12-31)22(34)17-3-1-2-4-18(17)23(25,26)27;1-10-4-7-3(6)8-5(9-4)11-2/h1-10H,11-14H2,(H,28,33);1-2H3. The lowest BCUT2D eigenvalue weighted by molar-refractivity contribution is -0.138. The molecule has 0 spiro atoms. The highest BCUT2D eigenvalue weighted by molar-refractivity contribution is 6.30. The maximum Gasteiger partial charge on any atom is 0.417 e. The molecule has 1 N–H and O–H groups in total. The van der Waals surface area contributed by atoms with E-state index < -0.39 is 23.6 Å². The summed E-state index contributed by atoms with van der Waals surface area (Å²) in [5.74, 6) is -0.584. The van der Waals surface area contributed by atoms with E-state index >= 15 is 0 Å². The molecule has 2 aromatic carbocycles. The number of carbonyl (C=O) groups is 2. The van der Waals surface area contributed by atoms with Crippen molar-refractivity contribution in [2.75, 3.05) is 50.6 Å². The van der Waals surface area contributed by atoms with Gasteiger partial charge in [0.2, 0.25) is 5.28 Å². The average molecular weight is 665 g/mol. The number of hydrogen-bond acceptors (Lipinski definition) is 10. The van der Waals surface area contributed by atoms with Gasteiger partial charge in [-0.1, -0.05) is 23.7 Å². The van der Waals surface area contributed by atoms with Gasteiger partial charge >= 0.3 is 18.2 Å². The molecule has 3 heterocycles. The van der Waals surface area contributed by atoms with Crippen molar-refractivity contribution in [1.29, 1.82) is 0 Å². The minimum atomic E-state index is -4.61. The second kappa shape index (κ2) is 14.8. The van der Waals surface area contributed by atoms with Crippen LogP contribution in [0, 0.1) is 0 Å². The maximum atomic E-state index is 13.3. The highest BCUT2D eigenvalue weighted by atomic mass is 35.5. The third-order valence-corrected chi connectivity index (χ3v) is 6.69. The molecule has 0 atom stereocenters. The van der Waals surface area contributed by atoms with Crippen LogP contribution in [0.1, 0.15) is 26.4 Å². The number of ether oxygens (including phenoxy) is 2. The molecule has 0 aliphatic carbocycles. The quantitative estimate of drug-likeness (QED) is 0.303. The van der Waals surface area contributed by atoms with E-state index in [2.05, 4.69) is 30.5 Å². The molecule has 17 heteroatoms. The fraction of sp³-hybridized carbons (Fsp3) is 0.250. The van der Waals surface area contributed by atoms with Gasteiger partial charge in [-0.05, 0) is 60.1 Å². The summed E-state index contributed by atoms with van der Waals surface area (Å²) in [6, 6.07) is 14.9. The van der Waals surface area contributed by atoms with Crippen LogP contribution in [-0.4, -0.2) is 82.3 Å². The fourth-order valence-electron chi connectivity index (χ4n) is 4.07. The van der Waals surface area contributed by atoms with Gasteiger partial charge in [0.1, 0.15) is 0 Å². The number of benzene rings is 2. The molecule has 12 nitrogen and oxygen atoms in total. The molecular weight excluding hydrogens is 640 g/mol. The van der Waals surface area contributed by atoms with Gasteiger partial charge in [-0.3, -0.25) is 9.59 Å². The summed E-state index contributed by atoms with van der Waals surface area (Å²) in [7, 11) is 2.87. The zero-order chi connectivity index (χ0) is 32.6. The van der Waals surface area contributed by atoms with Crippen LogP contribution in [0.15, 0.2) is 60.7 Å². The summed E-state index contributed by atoms with van der Waals surface area (Å²) in [5, 5.41) is 11.4. The maximum absolute atomic E-state index is 13.3. The SMILES string of the molecule is COc1nc(Cl)nc(OC)n1.O=C(Nc1ccc(Cl)cc1)c1ccc(N2CCN(C(=O)c3ccccc3C(F)(F)F)CC2)nn1. The molecule has 0 unspecified atom stereocenters. The molecule has 0 radical (unpaired) electrons. The minimum Gasteiger partial charge on any atom is -0.467 e. The number of aromatic nitrogens is 5. The van der Waals surface area contributed by atoms with Gasteiger partial charge in [0, 0.05) is 36.9 Å². The van der Waals surface area contributed by atoms with Crippen LogP contribution < -0.4 is 19.7 Å². The van der Waals surface area contributed by atoms with E-state index in [0.29, 0.717) is 29.6 Å². The van der Waals surface area contributed by atoms with Crippen molar-refractivity contribution in [2.45, 2.75) is 6.18 Å². The first kappa shape index (κ1) is 33.1. The number of halogens is 5. The lowest BCUT2D eigenvalue weighted by atomic mass is 10.1. The summed E-state index contributed by atoms with van der Waals surface area (Å²) in [4.78, 5) is 39.3. The topological polar surface area (TPSA) is 136 Å². The van der Waals surface area contributed by atoms with Gasteiger partial charge in [0.15, 0.2) is 11.5 Å². The molecule has 2 amide bonds. The van der Waals surface area contributed by atoms with E-state index in [-0.39, 0.29) is 41.7 Å². The fourth-order valence-corrected chi connectivity index (χ4v) is 4.34. The highest BCUT2D eigenvalue weighted by Crippen LogP contribution is 2.32. The summed E-state index contributed by atoms with van der Waals surface area (Å²) in [6.07, 6.45) is -4.61. The lowest BCUT2D eigenvalue weighted by Crippen LogP contribution is -2.49. The molecular formula is C28H25Cl2F3N8O4. The number of rotatable bonds is 6. The first-order valence-electron chi connectivity index (χ1n) is 13.1. The predicted molar refractivity (Wildman–Crippen MR) is 159 cm³/mol. The van der Waals surface area contributed by atoms with Crippen molar-refractivity contribution in [2.24, 2.45) is 0 Å². The molecule has 1 aliphatic heterocycles. The Morgan fingerprint density at radius 1 is 0.822 bits per heavy atom. The summed E-state index contributed by atoms with van der Waals surface area (Å²) in [6.45, 7) is 1.19. The molecule has 1 saturated heterocycles. The summed E-state index contributed by atoms with van der Waals surface area (Å²) >= 11 is 11.3. The Morgan fingerprint density at radius 3 is 2.00 bits per heavy atom. The molecule has 4 aromatic rings. The van der Waals surface area contributed by atoms with E-state index in [9.17, 15) is 22.8 Å². The largest absolute Gasteiger partial charge is 0.467 e. The Bertz CT molecular complexity index is 1600. The van der Waals surface area contributed by atoms with Crippen LogP contribution in [0.2, 0.25) is 10.3 Å². The Morgan fingerprint density at radius 2 is 1.44 bits per heavy atom. The number of amides is 2. The third kappa shape index (κ3) is 8.89. The lowest BCUT2D eigenvalue weighted by Gasteiger charge is -2.35. The van der Waals surface area contributed by atoms with E-state index in [0.717, 1.165) is 6.07 Å². The Kier molecular flexibility index (Phi) is 10.9. The highest BCUT2D eigenvalue weighted by Gasteiger charge is 2.36. The number of nitrogens with one attached hydrogen (secondary N) is 1. The number of carbonyl (C=O) groups excluding carboxylic acids is 2. The zero-order valence-corrected chi connectivity index (χ0v) is 25.3. The molecule has 5 rings (SSSR count). The zero-order valence-electron chi connectivity index (χ0n) is 23.8. The second-order valence-electron chi connectivity index (χ2n) is 9.14. The summed E-state index contributed by atoms with van der Waals surface area (Å²) < 4.78 is 49.2. The Labute approximate surface area is 265 Å². The van der Waals surface area contributed by atoms with Crippen molar-refractivity contribution in [3.63, 3.8) is 0 Å². The molecule has 236 valence electrons. The van der Waals surface area contributed by atoms with Crippen molar-refractivity contribution in [3.05, 3.63) is 87.8 Å². The minimum absolute atomic E-state index is 0.0497. The van der Waals surface area contributed by atoms with Gasteiger partial charge in [-0.2, -0.15) is 23.1 Å². The molecule has 45 heavy (non-hydrogen) atoms. The van der Waals surface area contributed by atoms with Crippen LogP contribution >= 0.6 is 23.2 Å². The van der Waals surface area contributed by atoms with E-state index in [1.165, 1.54) is 43.4 Å². The van der Waals surface area contributed by atoms with Gasteiger partial charge < -0.3 is 24.6 Å². The monoisotopic (exact) mass is 664 g/mol. The van der Waals surface area contributed by atoms with Crippen molar-refractivity contribution < 1.29 is 32.2 Å². The number of alkyl halides is 3. The average Bonchev–Trinajstić information content (AvgIpc) is 3.05. The second-order valence-corrected chi connectivity index (χ2v) is 9.91. The summed E-state index contributed by atoms with van der Waals surface area (Å²) in [5.41, 5.74) is -0.621. The van der Waals surface area contributed by atoms with Crippen LogP contribution in [0.5, 0.6) is 12.0 Å². The molecule has 1 aliphatic rings. The van der Waals surface area contributed by atoms with Crippen molar-refractivity contribution >= 4 is 46.5 Å². The predicted octanol–water partition coefficient (Wildman–Crippen LogP) is 4.91. The van der Waals surface area contributed by atoms with E-state index in [1.807, 2.05) is 4.90 Å². The van der Waals surface area contributed by atoms with Crippen LogP contribution in [0.3, 0.4) is 0 Å². The number of anilines is 2. The number of methoxy groups -OCH3 is 2. The first-order chi connectivity index (χ1) is 21.5. The van der Waals surface area contributed by atoms with E-state index in [4.69, 9.17) is 32.7 Å². The van der Waals surface area contributed by atoms with Crippen molar-refractivity contribution in [3.8, 4) is 12.0 Å². The normalized spacial score (nSPS) is 13.0. The van der Waals surface area contributed by atoms with E-state index in [1.54, 1.807) is 30.3 Å². The van der Waals surface area contributed by atoms with Crippen LogP contribution in [0.25, 0.3) is 0 Å². The first-order valence-corrected chi connectivity index (χ1v) is 13.8. The number of hydrogen-bond donors (Lipinski definition) is 1. The third-order valence-electron chi connectivity index (χ3n) is 6.27.